The Morgan fingerprint density at radius 2 is 2.27 bits per heavy atom. The number of hydrogen-bond acceptors (Lipinski definition) is 3. The molecular formula is C11H13ClN2S. The van der Waals surface area contributed by atoms with Crippen LogP contribution in [0.3, 0.4) is 0 Å². The maximum absolute atomic E-state index is 6.05. The molecule has 0 saturated carbocycles. The largest absolute Gasteiger partial charge is 0.361 e. The quantitative estimate of drug-likeness (QED) is 0.875. The van der Waals surface area contributed by atoms with Gasteiger partial charge in [-0.2, -0.15) is 0 Å². The summed E-state index contributed by atoms with van der Waals surface area (Å²) in [7, 11) is 0. The molecule has 0 bridgehead atoms. The summed E-state index contributed by atoms with van der Waals surface area (Å²) in [5.41, 5.74) is 2.08. The lowest BCUT2D eigenvalue weighted by molar-refractivity contribution is 0.977. The maximum atomic E-state index is 6.05. The third-order valence-corrected chi connectivity index (χ3v) is 3.66. The normalized spacial score (nSPS) is 10.9. The molecule has 0 radical (unpaired) electrons. The number of halogens is 1. The van der Waals surface area contributed by atoms with Gasteiger partial charge in [0.2, 0.25) is 0 Å². The summed E-state index contributed by atoms with van der Waals surface area (Å²) in [5, 5.41) is 5.07. The van der Waals surface area contributed by atoms with Crippen LogP contribution in [0.5, 0.6) is 0 Å². The molecule has 2 rings (SSSR count). The molecule has 1 aromatic carbocycles. The van der Waals surface area contributed by atoms with E-state index in [1.54, 1.807) is 11.3 Å². The number of anilines is 1. The van der Waals surface area contributed by atoms with E-state index in [0.29, 0.717) is 0 Å². The van der Waals surface area contributed by atoms with Crippen molar-refractivity contribution in [2.24, 2.45) is 0 Å². The zero-order valence-corrected chi connectivity index (χ0v) is 10.4. The maximum Gasteiger partial charge on any atom is 0.183 e. The molecular weight excluding hydrogens is 228 g/mol. The van der Waals surface area contributed by atoms with Gasteiger partial charge in [-0.1, -0.05) is 29.9 Å². The fourth-order valence-corrected chi connectivity index (χ4v) is 2.51. The average molecular weight is 241 g/mol. The lowest BCUT2D eigenvalue weighted by Crippen LogP contribution is -1.98. The molecule has 0 amide bonds. The van der Waals surface area contributed by atoms with E-state index in [4.69, 9.17) is 11.6 Å². The van der Waals surface area contributed by atoms with Gasteiger partial charge in [-0.15, -0.1) is 0 Å². The molecule has 15 heavy (non-hydrogen) atoms. The van der Waals surface area contributed by atoms with Crippen molar-refractivity contribution in [3.05, 3.63) is 22.7 Å². The molecule has 0 aliphatic rings. The molecule has 0 aliphatic carbocycles. The van der Waals surface area contributed by atoms with Crippen molar-refractivity contribution in [1.82, 2.24) is 4.98 Å². The van der Waals surface area contributed by atoms with Crippen molar-refractivity contribution in [3.63, 3.8) is 0 Å². The van der Waals surface area contributed by atoms with E-state index in [-0.39, 0.29) is 0 Å². The Kier molecular flexibility index (Phi) is 3.12. The molecule has 1 heterocycles. The summed E-state index contributed by atoms with van der Waals surface area (Å²) in [6, 6.07) is 3.96. The highest BCUT2D eigenvalue weighted by molar-refractivity contribution is 7.22. The Bertz CT molecular complexity index is 479. The number of benzene rings is 1. The number of rotatable bonds is 3. The van der Waals surface area contributed by atoms with Gasteiger partial charge in [0.05, 0.1) is 10.2 Å². The van der Waals surface area contributed by atoms with E-state index in [9.17, 15) is 0 Å². The number of hydrogen-bond donors (Lipinski definition) is 1. The molecule has 0 aliphatic heterocycles. The lowest BCUT2D eigenvalue weighted by Gasteiger charge is -1.97. The van der Waals surface area contributed by atoms with Gasteiger partial charge >= 0.3 is 0 Å². The minimum Gasteiger partial charge on any atom is -0.361 e. The highest BCUT2D eigenvalue weighted by atomic mass is 35.5. The summed E-state index contributed by atoms with van der Waals surface area (Å²) in [6.45, 7) is 5.11. The second-order valence-corrected chi connectivity index (χ2v) is 4.90. The van der Waals surface area contributed by atoms with E-state index in [1.165, 1.54) is 4.70 Å². The number of nitrogens with zero attached hydrogens (tertiary/aromatic N) is 1. The minimum absolute atomic E-state index is 0.787. The summed E-state index contributed by atoms with van der Waals surface area (Å²) in [5.74, 6) is 0. The average Bonchev–Trinajstić information content (AvgIpc) is 2.64. The third kappa shape index (κ3) is 2.08. The van der Waals surface area contributed by atoms with Gasteiger partial charge in [-0.3, -0.25) is 0 Å². The van der Waals surface area contributed by atoms with E-state index >= 15 is 0 Å². The van der Waals surface area contributed by atoms with Gasteiger partial charge in [-0.25, -0.2) is 4.98 Å². The van der Waals surface area contributed by atoms with E-state index in [0.717, 1.165) is 34.2 Å². The monoisotopic (exact) mass is 240 g/mol. The van der Waals surface area contributed by atoms with Crippen molar-refractivity contribution < 1.29 is 0 Å². The van der Waals surface area contributed by atoms with Crippen molar-refractivity contribution in [2.75, 3.05) is 11.9 Å². The second kappa shape index (κ2) is 4.37. The zero-order chi connectivity index (χ0) is 10.8. The molecule has 80 valence electrons. The Morgan fingerprint density at radius 1 is 1.47 bits per heavy atom. The fraction of sp³-hybridized carbons (Fsp3) is 0.364. The molecule has 1 N–H and O–H groups in total. The molecule has 2 nitrogen and oxygen atoms in total. The Morgan fingerprint density at radius 3 is 3.00 bits per heavy atom. The SMILES string of the molecule is CCCNc1nc2c(C)c(Cl)ccc2s1. The Labute approximate surface area is 98.3 Å². The van der Waals surface area contributed by atoms with Crippen LogP contribution in [0.2, 0.25) is 5.02 Å². The van der Waals surface area contributed by atoms with E-state index in [1.807, 2.05) is 19.1 Å². The molecule has 0 saturated heterocycles. The van der Waals surface area contributed by atoms with Crippen molar-refractivity contribution >= 4 is 38.3 Å². The first-order chi connectivity index (χ1) is 7.22. The minimum atomic E-state index is 0.787. The molecule has 0 atom stereocenters. The van der Waals surface area contributed by atoms with Crippen LogP contribution in [0.15, 0.2) is 12.1 Å². The van der Waals surface area contributed by atoms with Gasteiger partial charge in [-0.05, 0) is 31.0 Å². The van der Waals surface area contributed by atoms with Crippen LogP contribution in [0.25, 0.3) is 10.2 Å². The van der Waals surface area contributed by atoms with Crippen molar-refractivity contribution in [3.8, 4) is 0 Å². The summed E-state index contributed by atoms with van der Waals surface area (Å²) in [4.78, 5) is 4.53. The van der Waals surface area contributed by atoms with E-state index in [2.05, 4.69) is 17.2 Å². The number of thiazole rings is 1. The predicted molar refractivity (Wildman–Crippen MR) is 68.1 cm³/mol. The molecule has 1 aromatic heterocycles. The summed E-state index contributed by atoms with van der Waals surface area (Å²) >= 11 is 7.72. The van der Waals surface area contributed by atoms with Crippen LogP contribution in [-0.2, 0) is 0 Å². The lowest BCUT2D eigenvalue weighted by atomic mass is 10.2. The standard InChI is InChI=1S/C11H13ClN2S/c1-3-6-13-11-14-10-7(2)8(12)4-5-9(10)15-11/h4-5H,3,6H2,1-2H3,(H,13,14). The van der Waals surface area contributed by atoms with Gasteiger partial charge in [0, 0.05) is 11.6 Å². The smallest absolute Gasteiger partial charge is 0.183 e. The molecule has 0 spiro atoms. The van der Waals surface area contributed by atoms with Gasteiger partial charge in [0.1, 0.15) is 0 Å². The van der Waals surface area contributed by atoms with Crippen LogP contribution >= 0.6 is 22.9 Å². The first-order valence-electron chi connectivity index (χ1n) is 5.02. The zero-order valence-electron chi connectivity index (χ0n) is 8.80. The van der Waals surface area contributed by atoms with Crippen LogP contribution in [-0.4, -0.2) is 11.5 Å². The molecule has 0 fully saturated rings. The van der Waals surface area contributed by atoms with Crippen molar-refractivity contribution in [2.45, 2.75) is 20.3 Å². The van der Waals surface area contributed by atoms with Gasteiger partial charge < -0.3 is 5.32 Å². The number of nitrogens with one attached hydrogen (secondary N) is 1. The fourth-order valence-electron chi connectivity index (χ4n) is 1.41. The van der Waals surface area contributed by atoms with Crippen LogP contribution in [0.1, 0.15) is 18.9 Å². The second-order valence-electron chi connectivity index (χ2n) is 3.46. The highest BCUT2D eigenvalue weighted by Crippen LogP contribution is 2.31. The highest BCUT2D eigenvalue weighted by Gasteiger charge is 2.07. The summed E-state index contributed by atoms with van der Waals surface area (Å²) < 4.78 is 1.19. The first kappa shape index (κ1) is 10.7. The number of fused-ring (bicyclic) bond motifs is 1. The first-order valence-corrected chi connectivity index (χ1v) is 6.21. The predicted octanol–water partition coefficient (Wildman–Crippen LogP) is 4.08. The topological polar surface area (TPSA) is 24.9 Å². The molecule has 4 heteroatoms. The van der Waals surface area contributed by atoms with Gasteiger partial charge in [0.15, 0.2) is 5.13 Å². The number of aryl methyl sites for hydroxylation is 1. The van der Waals surface area contributed by atoms with E-state index < -0.39 is 0 Å². The Hall–Kier alpha value is -0.800. The van der Waals surface area contributed by atoms with Crippen LogP contribution < -0.4 is 5.32 Å². The molecule has 2 aromatic rings. The Balaban J connectivity index is 2.42. The van der Waals surface area contributed by atoms with Gasteiger partial charge in [0.25, 0.3) is 0 Å². The van der Waals surface area contributed by atoms with Crippen LogP contribution in [0, 0.1) is 6.92 Å². The van der Waals surface area contributed by atoms with Crippen molar-refractivity contribution in [1.29, 1.82) is 0 Å². The molecule has 0 unspecified atom stereocenters. The van der Waals surface area contributed by atoms with Crippen LogP contribution in [0.4, 0.5) is 5.13 Å². The summed E-state index contributed by atoms with van der Waals surface area (Å²) in [6.07, 6.45) is 1.11. The number of aromatic nitrogens is 1. The third-order valence-electron chi connectivity index (χ3n) is 2.27.